The molecule has 0 aliphatic carbocycles. The van der Waals surface area contributed by atoms with Crippen molar-refractivity contribution in [2.45, 2.75) is 13.3 Å². The summed E-state index contributed by atoms with van der Waals surface area (Å²) in [5.74, 6) is 0.620. The molecule has 0 fully saturated rings. The molecule has 0 amide bonds. The number of esters is 1. The van der Waals surface area contributed by atoms with Crippen LogP contribution in [0.3, 0.4) is 0 Å². The predicted molar refractivity (Wildman–Crippen MR) is 63.3 cm³/mol. The van der Waals surface area contributed by atoms with Gasteiger partial charge in [0.1, 0.15) is 5.75 Å². The molecule has 0 spiro atoms. The van der Waals surface area contributed by atoms with Crippen molar-refractivity contribution in [3.63, 3.8) is 0 Å². The van der Waals surface area contributed by atoms with Crippen LogP contribution in [0.2, 0.25) is 0 Å². The lowest BCUT2D eigenvalue weighted by Gasteiger charge is -1.99. The van der Waals surface area contributed by atoms with Gasteiger partial charge in [-0.15, -0.1) is 0 Å². The molecular formula is C13H16O3. The molecule has 0 aliphatic rings. The standard InChI is InChI=1S/C13H16O3/c1-3-16-13(14)6-4-5-11-7-9-12(15-2)10-8-11/h4-5,7-10H,3,6H2,1-2H3/b5-4+. The van der Waals surface area contributed by atoms with Crippen LogP contribution in [0.1, 0.15) is 18.9 Å². The lowest BCUT2D eigenvalue weighted by atomic mass is 10.2. The van der Waals surface area contributed by atoms with Crippen molar-refractivity contribution in [1.29, 1.82) is 0 Å². The monoisotopic (exact) mass is 220 g/mol. The minimum absolute atomic E-state index is 0.202. The van der Waals surface area contributed by atoms with Crippen molar-refractivity contribution in [2.75, 3.05) is 13.7 Å². The molecule has 0 unspecified atom stereocenters. The van der Waals surface area contributed by atoms with Crippen LogP contribution < -0.4 is 4.74 Å². The van der Waals surface area contributed by atoms with E-state index in [4.69, 9.17) is 9.47 Å². The molecule has 0 saturated carbocycles. The summed E-state index contributed by atoms with van der Waals surface area (Å²) in [7, 11) is 1.63. The molecule has 3 nitrogen and oxygen atoms in total. The Labute approximate surface area is 95.7 Å². The van der Waals surface area contributed by atoms with Crippen molar-refractivity contribution >= 4 is 12.0 Å². The van der Waals surface area contributed by atoms with Gasteiger partial charge in [-0.1, -0.05) is 24.3 Å². The van der Waals surface area contributed by atoms with Gasteiger partial charge in [0.25, 0.3) is 0 Å². The number of methoxy groups -OCH3 is 1. The van der Waals surface area contributed by atoms with E-state index in [-0.39, 0.29) is 5.97 Å². The van der Waals surface area contributed by atoms with E-state index in [1.807, 2.05) is 30.3 Å². The summed E-state index contributed by atoms with van der Waals surface area (Å²) in [6, 6.07) is 7.62. The van der Waals surface area contributed by atoms with Crippen LogP contribution in [0.5, 0.6) is 5.75 Å². The Morgan fingerprint density at radius 1 is 1.31 bits per heavy atom. The van der Waals surface area contributed by atoms with Crippen LogP contribution in [0.25, 0.3) is 6.08 Å². The molecule has 0 radical (unpaired) electrons. The quantitative estimate of drug-likeness (QED) is 0.716. The van der Waals surface area contributed by atoms with Crippen molar-refractivity contribution in [1.82, 2.24) is 0 Å². The summed E-state index contributed by atoms with van der Waals surface area (Å²) in [6.07, 6.45) is 3.98. The fourth-order valence-electron chi connectivity index (χ4n) is 1.23. The maximum atomic E-state index is 11.0. The van der Waals surface area contributed by atoms with Gasteiger partial charge >= 0.3 is 5.97 Å². The van der Waals surface area contributed by atoms with Crippen LogP contribution in [0, 0.1) is 0 Å². The first-order chi connectivity index (χ1) is 7.76. The minimum Gasteiger partial charge on any atom is -0.497 e. The molecule has 3 heteroatoms. The van der Waals surface area contributed by atoms with Gasteiger partial charge in [0.15, 0.2) is 0 Å². The van der Waals surface area contributed by atoms with Crippen LogP contribution in [-0.4, -0.2) is 19.7 Å². The molecule has 0 aromatic heterocycles. The number of carbonyl (C=O) groups is 1. The largest absolute Gasteiger partial charge is 0.497 e. The Bertz CT molecular complexity index is 352. The highest BCUT2D eigenvalue weighted by Crippen LogP contribution is 2.12. The van der Waals surface area contributed by atoms with E-state index < -0.39 is 0 Å². The fraction of sp³-hybridized carbons (Fsp3) is 0.308. The Morgan fingerprint density at radius 3 is 2.56 bits per heavy atom. The van der Waals surface area contributed by atoms with Crippen molar-refractivity contribution in [2.24, 2.45) is 0 Å². The van der Waals surface area contributed by atoms with E-state index in [1.54, 1.807) is 20.1 Å². The second-order valence-electron chi connectivity index (χ2n) is 3.18. The van der Waals surface area contributed by atoms with Gasteiger partial charge in [0.2, 0.25) is 0 Å². The lowest BCUT2D eigenvalue weighted by molar-refractivity contribution is -0.142. The Morgan fingerprint density at radius 2 is 2.00 bits per heavy atom. The first-order valence-corrected chi connectivity index (χ1v) is 5.22. The van der Waals surface area contributed by atoms with Crippen LogP contribution >= 0.6 is 0 Å². The highest BCUT2D eigenvalue weighted by atomic mass is 16.5. The molecule has 0 heterocycles. The SMILES string of the molecule is CCOC(=O)C/C=C/c1ccc(OC)cc1. The summed E-state index contributed by atoms with van der Waals surface area (Å²) in [4.78, 5) is 11.0. The Hall–Kier alpha value is -1.77. The topological polar surface area (TPSA) is 35.5 Å². The molecule has 0 saturated heterocycles. The molecular weight excluding hydrogens is 204 g/mol. The maximum Gasteiger partial charge on any atom is 0.309 e. The molecule has 1 rings (SSSR count). The van der Waals surface area contributed by atoms with Crippen LogP contribution in [0.4, 0.5) is 0 Å². The zero-order valence-electron chi connectivity index (χ0n) is 9.60. The second kappa shape index (κ2) is 6.67. The fourth-order valence-corrected chi connectivity index (χ4v) is 1.23. The third-order valence-corrected chi connectivity index (χ3v) is 2.02. The zero-order valence-corrected chi connectivity index (χ0v) is 9.60. The number of carbonyl (C=O) groups excluding carboxylic acids is 1. The van der Waals surface area contributed by atoms with Crippen LogP contribution in [-0.2, 0) is 9.53 Å². The number of hydrogen-bond donors (Lipinski definition) is 0. The van der Waals surface area contributed by atoms with E-state index in [1.165, 1.54) is 0 Å². The third kappa shape index (κ3) is 4.17. The smallest absolute Gasteiger partial charge is 0.309 e. The number of rotatable bonds is 5. The van der Waals surface area contributed by atoms with Crippen molar-refractivity contribution < 1.29 is 14.3 Å². The second-order valence-corrected chi connectivity index (χ2v) is 3.18. The summed E-state index contributed by atoms with van der Waals surface area (Å²) >= 11 is 0. The van der Waals surface area contributed by atoms with Gasteiger partial charge in [0.05, 0.1) is 20.1 Å². The molecule has 1 aromatic carbocycles. The molecule has 86 valence electrons. The lowest BCUT2D eigenvalue weighted by Crippen LogP contribution is -2.01. The summed E-state index contributed by atoms with van der Waals surface area (Å²) < 4.78 is 9.85. The Balaban J connectivity index is 2.46. The first kappa shape index (κ1) is 12.3. The summed E-state index contributed by atoms with van der Waals surface area (Å²) in [6.45, 7) is 2.22. The number of hydrogen-bond acceptors (Lipinski definition) is 3. The molecule has 1 aromatic rings. The highest BCUT2D eigenvalue weighted by molar-refractivity contribution is 5.72. The van der Waals surface area contributed by atoms with Gasteiger partial charge in [0, 0.05) is 0 Å². The molecule has 0 aliphatic heterocycles. The maximum absolute atomic E-state index is 11.0. The summed E-state index contributed by atoms with van der Waals surface area (Å²) in [5, 5.41) is 0. The normalized spacial score (nSPS) is 10.4. The van der Waals surface area contributed by atoms with E-state index in [0.29, 0.717) is 13.0 Å². The van der Waals surface area contributed by atoms with Crippen molar-refractivity contribution in [3.05, 3.63) is 35.9 Å². The average molecular weight is 220 g/mol. The van der Waals surface area contributed by atoms with E-state index in [2.05, 4.69) is 0 Å². The number of benzene rings is 1. The molecule has 0 bridgehead atoms. The van der Waals surface area contributed by atoms with E-state index in [9.17, 15) is 4.79 Å². The highest BCUT2D eigenvalue weighted by Gasteiger charge is 1.96. The zero-order chi connectivity index (χ0) is 11.8. The van der Waals surface area contributed by atoms with Crippen molar-refractivity contribution in [3.8, 4) is 5.75 Å². The first-order valence-electron chi connectivity index (χ1n) is 5.22. The predicted octanol–water partition coefficient (Wildman–Crippen LogP) is 2.66. The third-order valence-electron chi connectivity index (χ3n) is 2.02. The van der Waals surface area contributed by atoms with Gasteiger partial charge in [-0.25, -0.2) is 0 Å². The minimum atomic E-state index is -0.202. The van der Waals surface area contributed by atoms with E-state index in [0.717, 1.165) is 11.3 Å². The van der Waals surface area contributed by atoms with Gasteiger partial charge in [-0.2, -0.15) is 0 Å². The molecule has 0 atom stereocenters. The van der Waals surface area contributed by atoms with Gasteiger partial charge in [-0.3, -0.25) is 4.79 Å². The molecule has 16 heavy (non-hydrogen) atoms. The van der Waals surface area contributed by atoms with Gasteiger partial charge < -0.3 is 9.47 Å². The Kier molecular flexibility index (Phi) is 5.12. The molecule has 0 N–H and O–H groups in total. The van der Waals surface area contributed by atoms with Crippen LogP contribution in [0.15, 0.2) is 30.3 Å². The van der Waals surface area contributed by atoms with E-state index >= 15 is 0 Å². The van der Waals surface area contributed by atoms with Gasteiger partial charge in [-0.05, 0) is 24.6 Å². The average Bonchev–Trinajstić information content (AvgIpc) is 2.30. The summed E-state index contributed by atoms with van der Waals surface area (Å²) in [5.41, 5.74) is 1.03. The number of ether oxygens (including phenoxy) is 2.